The van der Waals surface area contributed by atoms with Gasteiger partial charge in [0.2, 0.25) is 0 Å². The Morgan fingerprint density at radius 1 is 1.50 bits per heavy atom. The van der Waals surface area contributed by atoms with Crippen molar-refractivity contribution in [3.8, 4) is 5.75 Å². The highest BCUT2D eigenvalue weighted by molar-refractivity contribution is 7.84. The number of nitrogens with zero attached hydrogens (tertiary/aromatic N) is 1. The summed E-state index contributed by atoms with van der Waals surface area (Å²) in [6.07, 6.45) is 1.63. The number of methoxy groups -OCH3 is 1. The van der Waals surface area contributed by atoms with Crippen molar-refractivity contribution in [3.63, 3.8) is 0 Å². The minimum atomic E-state index is -0.933. The molecule has 0 radical (unpaired) electrons. The third-order valence-electron chi connectivity index (χ3n) is 2.50. The Morgan fingerprint density at radius 2 is 2.17 bits per heavy atom. The van der Waals surface area contributed by atoms with Crippen LogP contribution in [0.3, 0.4) is 0 Å². The molecule has 1 N–H and O–H groups in total. The van der Waals surface area contributed by atoms with Crippen LogP contribution in [0.2, 0.25) is 0 Å². The second-order valence-corrected chi connectivity index (χ2v) is 5.67. The molecular formula is C11H16N2O4S. The van der Waals surface area contributed by atoms with Crippen molar-refractivity contribution in [2.24, 2.45) is 0 Å². The highest BCUT2D eigenvalue weighted by Crippen LogP contribution is 2.25. The molecule has 0 aliphatic rings. The summed E-state index contributed by atoms with van der Waals surface area (Å²) in [5.74, 6) is 0.414. The number of benzene rings is 1. The zero-order valence-electron chi connectivity index (χ0n) is 10.5. The van der Waals surface area contributed by atoms with E-state index >= 15 is 0 Å². The molecule has 0 saturated carbocycles. The number of anilines is 1. The van der Waals surface area contributed by atoms with Crippen LogP contribution in [0.5, 0.6) is 5.75 Å². The van der Waals surface area contributed by atoms with E-state index in [2.05, 4.69) is 5.32 Å². The maximum Gasteiger partial charge on any atom is 0.275 e. The zero-order valence-corrected chi connectivity index (χ0v) is 11.3. The van der Waals surface area contributed by atoms with Crippen molar-refractivity contribution in [3.05, 3.63) is 28.3 Å². The molecule has 2 atom stereocenters. The van der Waals surface area contributed by atoms with Gasteiger partial charge in [-0.05, 0) is 6.92 Å². The average molecular weight is 272 g/mol. The lowest BCUT2D eigenvalue weighted by molar-refractivity contribution is -0.384. The van der Waals surface area contributed by atoms with E-state index in [0.717, 1.165) is 0 Å². The predicted molar refractivity (Wildman–Crippen MR) is 71.7 cm³/mol. The highest BCUT2D eigenvalue weighted by atomic mass is 32.2. The Bertz CT molecular complexity index is 464. The van der Waals surface area contributed by atoms with Crippen molar-refractivity contribution in [2.75, 3.05) is 25.2 Å². The van der Waals surface area contributed by atoms with E-state index in [9.17, 15) is 14.3 Å². The van der Waals surface area contributed by atoms with Gasteiger partial charge < -0.3 is 10.1 Å². The Kier molecular flexibility index (Phi) is 5.08. The number of rotatable bonds is 6. The second-order valence-electron chi connectivity index (χ2n) is 3.87. The number of nitro groups is 1. The molecule has 0 aliphatic carbocycles. The van der Waals surface area contributed by atoms with Gasteiger partial charge in [-0.15, -0.1) is 0 Å². The minimum absolute atomic E-state index is 0.0322. The van der Waals surface area contributed by atoms with Gasteiger partial charge in [-0.25, -0.2) is 0 Å². The van der Waals surface area contributed by atoms with E-state index in [-0.39, 0.29) is 10.9 Å². The summed E-state index contributed by atoms with van der Waals surface area (Å²) in [6.45, 7) is 2.32. The van der Waals surface area contributed by atoms with E-state index in [4.69, 9.17) is 4.74 Å². The molecule has 0 saturated heterocycles. The van der Waals surface area contributed by atoms with Crippen LogP contribution in [0.4, 0.5) is 11.4 Å². The normalized spacial score (nSPS) is 13.7. The van der Waals surface area contributed by atoms with Crippen molar-refractivity contribution < 1.29 is 13.9 Å². The average Bonchev–Trinajstić information content (AvgIpc) is 2.35. The Labute approximate surface area is 108 Å². The molecule has 0 aromatic heterocycles. The van der Waals surface area contributed by atoms with Gasteiger partial charge in [0.1, 0.15) is 5.75 Å². The van der Waals surface area contributed by atoms with Gasteiger partial charge in [0.05, 0.1) is 18.1 Å². The molecule has 100 valence electrons. The van der Waals surface area contributed by atoms with E-state index in [1.165, 1.54) is 19.2 Å². The summed E-state index contributed by atoms with van der Waals surface area (Å²) in [5, 5.41) is 13.7. The molecule has 0 fully saturated rings. The molecule has 2 unspecified atom stereocenters. The van der Waals surface area contributed by atoms with Crippen LogP contribution in [0.15, 0.2) is 18.2 Å². The fraction of sp³-hybridized carbons (Fsp3) is 0.455. The van der Waals surface area contributed by atoms with Gasteiger partial charge in [0.15, 0.2) is 0 Å². The first kappa shape index (κ1) is 14.4. The minimum Gasteiger partial charge on any atom is -0.496 e. The molecule has 0 spiro atoms. The topological polar surface area (TPSA) is 81.5 Å². The van der Waals surface area contributed by atoms with Crippen molar-refractivity contribution >= 4 is 22.2 Å². The fourth-order valence-corrected chi connectivity index (χ4v) is 1.61. The smallest absolute Gasteiger partial charge is 0.275 e. The van der Waals surface area contributed by atoms with Crippen LogP contribution in [-0.2, 0) is 10.8 Å². The fourth-order valence-electron chi connectivity index (χ4n) is 1.29. The number of hydrogen-bond acceptors (Lipinski definition) is 5. The molecule has 6 nitrogen and oxygen atoms in total. The van der Waals surface area contributed by atoms with E-state index in [0.29, 0.717) is 18.0 Å². The van der Waals surface area contributed by atoms with Crippen LogP contribution in [0.25, 0.3) is 0 Å². The van der Waals surface area contributed by atoms with Gasteiger partial charge in [-0.1, -0.05) is 0 Å². The maximum atomic E-state index is 11.2. The van der Waals surface area contributed by atoms with Gasteiger partial charge >= 0.3 is 0 Å². The van der Waals surface area contributed by atoms with E-state index in [1.54, 1.807) is 12.3 Å². The summed E-state index contributed by atoms with van der Waals surface area (Å²) in [6, 6.07) is 4.44. The first-order valence-corrected chi connectivity index (χ1v) is 6.95. The first-order chi connectivity index (χ1) is 8.43. The summed E-state index contributed by atoms with van der Waals surface area (Å²) in [5.41, 5.74) is 0.542. The van der Waals surface area contributed by atoms with Gasteiger partial charge in [0.25, 0.3) is 5.69 Å². The quantitative estimate of drug-likeness (QED) is 0.630. The predicted octanol–water partition coefficient (Wildman–Crippen LogP) is 1.78. The molecule has 0 bridgehead atoms. The molecule has 0 aliphatic heterocycles. The molecular weight excluding hydrogens is 256 g/mol. The second kappa shape index (κ2) is 6.34. The summed E-state index contributed by atoms with van der Waals surface area (Å²) in [4.78, 5) is 10.3. The summed E-state index contributed by atoms with van der Waals surface area (Å²) >= 11 is 0. The third-order valence-corrected chi connectivity index (χ3v) is 3.80. The van der Waals surface area contributed by atoms with Crippen LogP contribution in [0, 0.1) is 10.1 Å². The number of non-ortho nitro benzene ring substituents is 1. The van der Waals surface area contributed by atoms with Crippen LogP contribution in [-0.4, -0.2) is 34.3 Å². The zero-order chi connectivity index (χ0) is 13.7. The monoisotopic (exact) mass is 272 g/mol. The summed E-state index contributed by atoms with van der Waals surface area (Å²) < 4.78 is 16.2. The molecule has 1 aromatic carbocycles. The highest BCUT2D eigenvalue weighted by Gasteiger charge is 2.11. The molecule has 0 heterocycles. The van der Waals surface area contributed by atoms with Crippen molar-refractivity contribution in [1.29, 1.82) is 0 Å². The maximum absolute atomic E-state index is 11.2. The Balaban J connectivity index is 2.85. The van der Waals surface area contributed by atoms with E-state index in [1.807, 2.05) is 6.92 Å². The lowest BCUT2D eigenvalue weighted by Crippen LogP contribution is -2.20. The molecule has 7 heteroatoms. The van der Waals surface area contributed by atoms with E-state index < -0.39 is 15.7 Å². The SMILES string of the molecule is COc1cc(NCC(C)S(C)=O)cc([N+](=O)[O-])c1. The third kappa shape index (κ3) is 3.99. The Morgan fingerprint density at radius 3 is 2.67 bits per heavy atom. The number of ether oxygens (including phenoxy) is 1. The molecule has 18 heavy (non-hydrogen) atoms. The lowest BCUT2D eigenvalue weighted by Gasteiger charge is -2.11. The van der Waals surface area contributed by atoms with Gasteiger partial charge in [0, 0.05) is 46.7 Å². The van der Waals surface area contributed by atoms with Crippen molar-refractivity contribution in [1.82, 2.24) is 0 Å². The summed E-state index contributed by atoms with van der Waals surface area (Å²) in [7, 11) is 0.518. The molecule has 0 amide bonds. The van der Waals surface area contributed by atoms with Crippen LogP contribution in [0.1, 0.15) is 6.92 Å². The molecule has 1 rings (SSSR count). The largest absolute Gasteiger partial charge is 0.496 e. The van der Waals surface area contributed by atoms with Crippen LogP contribution < -0.4 is 10.1 Å². The number of hydrogen-bond donors (Lipinski definition) is 1. The number of nitro benzene ring substituents is 1. The van der Waals surface area contributed by atoms with Crippen LogP contribution >= 0.6 is 0 Å². The first-order valence-electron chi connectivity index (χ1n) is 5.33. The van der Waals surface area contributed by atoms with Gasteiger partial charge in [-0.2, -0.15) is 0 Å². The Hall–Kier alpha value is -1.63. The lowest BCUT2D eigenvalue weighted by atomic mass is 10.2. The molecule has 1 aromatic rings. The number of nitrogens with one attached hydrogen (secondary N) is 1. The van der Waals surface area contributed by atoms with Gasteiger partial charge in [-0.3, -0.25) is 14.3 Å². The standard InChI is InChI=1S/C11H16N2O4S/c1-8(18(3)16)7-12-9-4-10(13(14)15)6-11(5-9)17-2/h4-6,8,12H,7H2,1-3H3. The van der Waals surface area contributed by atoms with Crippen molar-refractivity contribution in [2.45, 2.75) is 12.2 Å².